The zero-order chi connectivity index (χ0) is 10.1. The Morgan fingerprint density at radius 1 is 1.54 bits per heavy atom. The monoisotopic (exact) mass is 211 g/mol. The van der Waals surface area contributed by atoms with Crippen molar-refractivity contribution in [3.05, 3.63) is 18.0 Å². The van der Waals surface area contributed by atoms with Crippen molar-refractivity contribution >= 4 is 17.7 Å². The number of hydrogen-bond donors (Lipinski definition) is 2. The summed E-state index contributed by atoms with van der Waals surface area (Å²) in [5.41, 5.74) is -4.65. The van der Waals surface area contributed by atoms with Crippen molar-refractivity contribution in [2.75, 3.05) is 0 Å². The van der Waals surface area contributed by atoms with Gasteiger partial charge in [0.2, 0.25) is 0 Å². The minimum Gasteiger partial charge on any atom is -0.477 e. The third-order valence-corrected chi connectivity index (χ3v) is 1.82. The van der Waals surface area contributed by atoms with Crippen LogP contribution in [0.3, 0.4) is 0 Å². The van der Waals surface area contributed by atoms with Crippen LogP contribution < -0.4 is 0 Å². The summed E-state index contributed by atoms with van der Waals surface area (Å²) in [7, 11) is 0. The lowest BCUT2D eigenvalue weighted by Gasteiger charge is -2.01. The molecule has 0 atom stereocenters. The number of aromatic carboxylic acids is 1. The molecular formula is C6H4F3NO2S. The fraction of sp³-hybridized carbons (Fsp3) is 0.167. The maximum atomic E-state index is 11.8. The molecule has 0 aliphatic rings. The molecule has 72 valence electrons. The number of hydrogen-bond acceptors (Lipinski definition) is 2. The molecule has 0 aliphatic carbocycles. The molecule has 13 heavy (non-hydrogen) atoms. The number of carboxylic acid groups (broad SMARTS) is 1. The molecule has 1 rings (SSSR count). The van der Waals surface area contributed by atoms with Crippen LogP contribution in [-0.2, 0) is 0 Å². The van der Waals surface area contributed by atoms with E-state index in [2.05, 4.69) is 4.98 Å². The van der Waals surface area contributed by atoms with Gasteiger partial charge in [-0.2, -0.15) is 13.2 Å². The lowest BCUT2D eigenvalue weighted by molar-refractivity contribution is -0.0328. The van der Waals surface area contributed by atoms with Crippen LogP contribution in [0.1, 0.15) is 10.5 Å². The number of halogens is 3. The second-order valence-electron chi connectivity index (χ2n) is 2.10. The molecule has 0 bridgehead atoms. The van der Waals surface area contributed by atoms with Gasteiger partial charge in [0, 0.05) is 11.1 Å². The van der Waals surface area contributed by atoms with Crippen LogP contribution in [0.2, 0.25) is 0 Å². The highest BCUT2D eigenvalue weighted by Crippen LogP contribution is 2.36. The van der Waals surface area contributed by atoms with Crippen LogP contribution in [0.25, 0.3) is 0 Å². The van der Waals surface area contributed by atoms with E-state index in [9.17, 15) is 18.0 Å². The fourth-order valence-electron chi connectivity index (χ4n) is 0.691. The normalized spacial score (nSPS) is 11.6. The topological polar surface area (TPSA) is 53.1 Å². The number of thioether (sulfide) groups is 1. The van der Waals surface area contributed by atoms with Crippen molar-refractivity contribution in [2.45, 2.75) is 10.4 Å². The number of carboxylic acids is 1. The first-order valence-corrected chi connectivity index (χ1v) is 3.87. The largest absolute Gasteiger partial charge is 0.477 e. The van der Waals surface area contributed by atoms with Gasteiger partial charge in [0.15, 0.2) is 0 Å². The predicted octanol–water partition coefficient (Wildman–Crippen LogP) is 2.32. The van der Waals surface area contributed by atoms with Gasteiger partial charge in [0.25, 0.3) is 0 Å². The number of rotatable bonds is 2. The average Bonchev–Trinajstić information content (AvgIpc) is 2.31. The molecule has 0 spiro atoms. The Labute approximate surface area is 74.9 Å². The van der Waals surface area contributed by atoms with Crippen LogP contribution in [0.4, 0.5) is 13.2 Å². The van der Waals surface area contributed by atoms with Crippen molar-refractivity contribution < 1.29 is 23.1 Å². The minimum absolute atomic E-state index is 0.162. The van der Waals surface area contributed by atoms with E-state index < -0.39 is 11.5 Å². The van der Waals surface area contributed by atoms with Gasteiger partial charge in [-0.15, -0.1) is 0 Å². The quantitative estimate of drug-likeness (QED) is 0.738. The summed E-state index contributed by atoms with van der Waals surface area (Å²) in [6.07, 6.45) is 1.00. The number of aromatic amines is 1. The van der Waals surface area contributed by atoms with Gasteiger partial charge in [0.1, 0.15) is 5.69 Å². The molecule has 2 N–H and O–H groups in total. The van der Waals surface area contributed by atoms with Crippen LogP contribution in [-0.4, -0.2) is 21.6 Å². The number of nitrogens with one attached hydrogen (secondary N) is 1. The molecule has 0 fully saturated rings. The van der Waals surface area contributed by atoms with E-state index in [1.807, 2.05) is 0 Å². The van der Waals surface area contributed by atoms with E-state index in [0.29, 0.717) is 0 Å². The average molecular weight is 211 g/mol. The van der Waals surface area contributed by atoms with Crippen LogP contribution in [0.5, 0.6) is 0 Å². The first kappa shape index (κ1) is 9.97. The maximum absolute atomic E-state index is 11.8. The first-order valence-electron chi connectivity index (χ1n) is 3.06. The molecule has 0 amide bonds. The molecule has 0 saturated carbocycles. The summed E-state index contributed by atoms with van der Waals surface area (Å²) >= 11 is -0.356. The summed E-state index contributed by atoms with van der Waals surface area (Å²) in [4.78, 5) is 12.3. The molecule has 0 unspecified atom stereocenters. The van der Waals surface area contributed by atoms with E-state index in [1.165, 1.54) is 0 Å². The van der Waals surface area contributed by atoms with Crippen molar-refractivity contribution in [3.8, 4) is 0 Å². The molecule has 0 radical (unpaired) electrons. The molecule has 1 heterocycles. The molecule has 1 aromatic heterocycles. The SMILES string of the molecule is O=C(O)c1cc(SC(F)(F)F)c[nH]1. The smallest absolute Gasteiger partial charge is 0.446 e. The second-order valence-corrected chi connectivity index (χ2v) is 3.24. The van der Waals surface area contributed by atoms with E-state index in [-0.39, 0.29) is 22.4 Å². The Morgan fingerprint density at radius 3 is 2.54 bits per heavy atom. The number of H-pyrrole nitrogens is 1. The summed E-state index contributed by atoms with van der Waals surface area (Å²) in [5.74, 6) is -1.28. The molecule has 0 aromatic carbocycles. The minimum atomic E-state index is -4.39. The highest BCUT2D eigenvalue weighted by molar-refractivity contribution is 8.00. The Kier molecular flexibility index (Phi) is 2.55. The zero-order valence-electron chi connectivity index (χ0n) is 6.05. The molecule has 3 nitrogen and oxygen atoms in total. The van der Waals surface area contributed by atoms with Crippen molar-refractivity contribution in [1.82, 2.24) is 4.98 Å². The Morgan fingerprint density at radius 2 is 2.15 bits per heavy atom. The number of aromatic nitrogens is 1. The van der Waals surface area contributed by atoms with E-state index in [1.54, 1.807) is 0 Å². The standard InChI is InChI=1S/C6H4F3NO2S/c7-6(8,9)13-3-1-4(5(11)12)10-2-3/h1-2,10H,(H,11,12). The number of carbonyl (C=O) groups is 1. The van der Waals surface area contributed by atoms with Crippen molar-refractivity contribution in [1.29, 1.82) is 0 Å². The van der Waals surface area contributed by atoms with Gasteiger partial charge in [0.05, 0.1) is 0 Å². The van der Waals surface area contributed by atoms with Gasteiger partial charge in [-0.25, -0.2) is 4.79 Å². The fourth-order valence-corrected chi connectivity index (χ4v) is 1.25. The molecule has 0 aliphatic heterocycles. The van der Waals surface area contributed by atoms with E-state index in [4.69, 9.17) is 5.11 Å². The summed E-state index contributed by atoms with van der Waals surface area (Å²) in [5, 5.41) is 8.37. The van der Waals surface area contributed by atoms with Crippen LogP contribution in [0, 0.1) is 0 Å². The second kappa shape index (κ2) is 3.33. The van der Waals surface area contributed by atoms with Gasteiger partial charge in [-0.1, -0.05) is 0 Å². The third-order valence-electron chi connectivity index (χ3n) is 1.12. The van der Waals surface area contributed by atoms with Crippen molar-refractivity contribution in [2.24, 2.45) is 0 Å². The molecule has 0 saturated heterocycles. The Bertz CT molecular complexity index is 320. The van der Waals surface area contributed by atoms with Gasteiger partial charge in [-0.05, 0) is 17.8 Å². The summed E-state index contributed by atoms with van der Waals surface area (Å²) in [6, 6.07) is 0.931. The van der Waals surface area contributed by atoms with E-state index >= 15 is 0 Å². The van der Waals surface area contributed by atoms with Crippen molar-refractivity contribution in [3.63, 3.8) is 0 Å². The van der Waals surface area contributed by atoms with Crippen LogP contribution >= 0.6 is 11.8 Å². The maximum Gasteiger partial charge on any atom is 0.446 e. The number of alkyl halides is 3. The van der Waals surface area contributed by atoms with Gasteiger partial charge < -0.3 is 10.1 Å². The van der Waals surface area contributed by atoms with Gasteiger partial charge in [-0.3, -0.25) is 0 Å². The molecule has 1 aromatic rings. The third kappa shape index (κ3) is 3.02. The lowest BCUT2D eigenvalue weighted by Crippen LogP contribution is -1.98. The summed E-state index contributed by atoms with van der Waals surface area (Å²) < 4.78 is 35.3. The lowest BCUT2D eigenvalue weighted by atomic mass is 10.4. The van der Waals surface area contributed by atoms with Gasteiger partial charge >= 0.3 is 11.5 Å². The highest BCUT2D eigenvalue weighted by atomic mass is 32.2. The molecule has 7 heteroatoms. The predicted molar refractivity (Wildman–Crippen MR) is 39.7 cm³/mol. The zero-order valence-corrected chi connectivity index (χ0v) is 6.87. The Hall–Kier alpha value is -1.11. The highest BCUT2D eigenvalue weighted by Gasteiger charge is 2.29. The van der Waals surface area contributed by atoms with E-state index in [0.717, 1.165) is 12.3 Å². The molecular weight excluding hydrogens is 207 g/mol. The van der Waals surface area contributed by atoms with Crippen LogP contribution in [0.15, 0.2) is 17.2 Å². The first-order chi connectivity index (χ1) is 5.88. The summed E-state index contributed by atoms with van der Waals surface area (Å²) in [6.45, 7) is 0. The Balaban J connectivity index is 2.75.